The lowest BCUT2D eigenvalue weighted by Gasteiger charge is -2.63. The third-order valence-corrected chi connectivity index (χ3v) is 8.96. The molecule has 0 bridgehead atoms. The molecule has 0 aliphatic rings. The SMILES string of the molecule is CCCC(C)(C)C(C)(CCC)C(C)(CCCCC(C)C)C(C)(CC)CCC. The van der Waals surface area contributed by atoms with E-state index in [2.05, 4.69) is 76.2 Å². The van der Waals surface area contributed by atoms with Gasteiger partial charge in [-0.25, -0.2) is 0 Å². The summed E-state index contributed by atoms with van der Waals surface area (Å²) in [5.74, 6) is 0.836. The summed E-state index contributed by atoms with van der Waals surface area (Å²) >= 11 is 0. The van der Waals surface area contributed by atoms with E-state index in [9.17, 15) is 0 Å². The number of hydrogen-bond acceptors (Lipinski definition) is 0. The predicted molar refractivity (Wildman–Crippen MR) is 126 cm³/mol. The molecule has 0 aliphatic heterocycles. The maximum atomic E-state index is 2.70. The maximum Gasteiger partial charge on any atom is -0.0213 e. The molecule has 0 fully saturated rings. The fraction of sp³-hybridized carbons (Fsp3) is 1.00. The fourth-order valence-corrected chi connectivity index (χ4v) is 6.43. The molecular formula is C27H56. The molecule has 0 saturated heterocycles. The first-order valence-electron chi connectivity index (χ1n) is 12.4. The molecule has 0 aromatic heterocycles. The molecule has 3 atom stereocenters. The van der Waals surface area contributed by atoms with Crippen LogP contribution in [0.3, 0.4) is 0 Å². The van der Waals surface area contributed by atoms with Crippen molar-refractivity contribution in [2.75, 3.05) is 0 Å². The van der Waals surface area contributed by atoms with Crippen molar-refractivity contribution < 1.29 is 0 Å². The van der Waals surface area contributed by atoms with Crippen LogP contribution in [-0.4, -0.2) is 0 Å². The lowest BCUT2D eigenvalue weighted by molar-refractivity contribution is -0.144. The van der Waals surface area contributed by atoms with Gasteiger partial charge in [0.25, 0.3) is 0 Å². The van der Waals surface area contributed by atoms with Crippen LogP contribution in [-0.2, 0) is 0 Å². The highest BCUT2D eigenvalue weighted by Gasteiger charge is 2.58. The second-order valence-electron chi connectivity index (χ2n) is 11.4. The smallest absolute Gasteiger partial charge is 0.0213 e. The molecule has 0 aromatic rings. The van der Waals surface area contributed by atoms with Crippen molar-refractivity contribution in [1.82, 2.24) is 0 Å². The third-order valence-electron chi connectivity index (χ3n) is 8.96. The molecule has 0 N–H and O–H groups in total. The first-order chi connectivity index (χ1) is 12.4. The summed E-state index contributed by atoms with van der Waals surface area (Å²) in [4.78, 5) is 0. The van der Waals surface area contributed by atoms with Crippen molar-refractivity contribution in [2.45, 2.75) is 147 Å². The summed E-state index contributed by atoms with van der Waals surface area (Å²) in [5.41, 5.74) is 1.57. The van der Waals surface area contributed by atoms with E-state index in [4.69, 9.17) is 0 Å². The lowest BCUT2D eigenvalue weighted by atomic mass is 9.41. The Balaban J connectivity index is 6.15. The molecule has 3 unspecified atom stereocenters. The minimum atomic E-state index is 0.378. The van der Waals surface area contributed by atoms with Gasteiger partial charge in [-0.05, 0) is 53.3 Å². The van der Waals surface area contributed by atoms with Gasteiger partial charge in [-0.2, -0.15) is 0 Å². The zero-order valence-corrected chi connectivity index (χ0v) is 21.4. The summed E-state index contributed by atoms with van der Waals surface area (Å²) < 4.78 is 0. The molecular weight excluding hydrogens is 324 g/mol. The highest BCUT2D eigenvalue weighted by atomic mass is 14.6. The Labute approximate surface area is 174 Å². The van der Waals surface area contributed by atoms with Crippen LogP contribution in [0.15, 0.2) is 0 Å². The molecule has 0 saturated carbocycles. The van der Waals surface area contributed by atoms with Gasteiger partial charge in [0, 0.05) is 0 Å². The molecule has 0 nitrogen and oxygen atoms in total. The Morgan fingerprint density at radius 1 is 0.593 bits per heavy atom. The Morgan fingerprint density at radius 3 is 1.52 bits per heavy atom. The van der Waals surface area contributed by atoms with E-state index < -0.39 is 0 Å². The van der Waals surface area contributed by atoms with Gasteiger partial charge < -0.3 is 0 Å². The van der Waals surface area contributed by atoms with E-state index in [0.717, 1.165) is 5.92 Å². The summed E-state index contributed by atoms with van der Waals surface area (Å²) in [7, 11) is 0. The van der Waals surface area contributed by atoms with Crippen molar-refractivity contribution in [3.63, 3.8) is 0 Å². The Morgan fingerprint density at radius 2 is 1.11 bits per heavy atom. The van der Waals surface area contributed by atoms with Crippen molar-refractivity contribution >= 4 is 0 Å². The second-order valence-corrected chi connectivity index (χ2v) is 11.4. The van der Waals surface area contributed by atoms with Crippen molar-refractivity contribution in [3.05, 3.63) is 0 Å². The van der Waals surface area contributed by atoms with E-state index in [0.29, 0.717) is 21.7 Å². The van der Waals surface area contributed by atoms with Crippen LogP contribution in [0.2, 0.25) is 0 Å². The average molecular weight is 381 g/mol. The van der Waals surface area contributed by atoms with Gasteiger partial charge in [0.15, 0.2) is 0 Å². The molecule has 0 rings (SSSR count). The molecule has 0 aromatic carbocycles. The van der Waals surface area contributed by atoms with Crippen LogP contribution < -0.4 is 0 Å². The summed E-state index contributed by atoms with van der Waals surface area (Å²) in [6.45, 7) is 27.6. The lowest BCUT2D eigenvalue weighted by Crippen LogP contribution is -2.55. The van der Waals surface area contributed by atoms with E-state index in [1.165, 1.54) is 70.6 Å². The minimum Gasteiger partial charge on any atom is -0.0654 e. The van der Waals surface area contributed by atoms with E-state index in [-0.39, 0.29) is 0 Å². The van der Waals surface area contributed by atoms with Crippen LogP contribution in [0.5, 0.6) is 0 Å². The quantitative estimate of drug-likeness (QED) is 0.248. The monoisotopic (exact) mass is 380 g/mol. The summed E-state index contributed by atoms with van der Waals surface area (Å²) in [6, 6.07) is 0. The average Bonchev–Trinajstić information content (AvgIpc) is 2.58. The van der Waals surface area contributed by atoms with E-state index >= 15 is 0 Å². The Kier molecular flexibility index (Phi) is 11.3. The van der Waals surface area contributed by atoms with Gasteiger partial charge in [-0.15, -0.1) is 0 Å². The summed E-state index contributed by atoms with van der Waals surface area (Å²) in [5, 5.41) is 0. The van der Waals surface area contributed by atoms with Gasteiger partial charge in [0.2, 0.25) is 0 Å². The standard InChI is InChI=1S/C27H56/c1-12-19-24(7,8)26(10,21-14-3)27(11,22-17-16-18-23(5)6)25(9,15-4)20-13-2/h23H,12-22H2,1-11H3. The molecule has 27 heavy (non-hydrogen) atoms. The second kappa shape index (κ2) is 11.3. The van der Waals surface area contributed by atoms with Crippen LogP contribution in [0, 0.1) is 27.6 Å². The Bertz CT molecular complexity index is 393. The van der Waals surface area contributed by atoms with Gasteiger partial charge in [-0.3, -0.25) is 0 Å². The molecule has 0 spiro atoms. The first kappa shape index (κ1) is 27.0. The van der Waals surface area contributed by atoms with Gasteiger partial charge >= 0.3 is 0 Å². The summed E-state index contributed by atoms with van der Waals surface area (Å²) in [6.07, 6.45) is 14.9. The first-order valence-corrected chi connectivity index (χ1v) is 12.4. The molecule has 0 heterocycles. The highest BCUT2D eigenvalue weighted by Crippen LogP contribution is 2.66. The van der Waals surface area contributed by atoms with Crippen LogP contribution in [0.1, 0.15) is 147 Å². The van der Waals surface area contributed by atoms with E-state index in [1.54, 1.807) is 0 Å². The fourth-order valence-electron chi connectivity index (χ4n) is 6.43. The minimum absolute atomic E-state index is 0.378. The van der Waals surface area contributed by atoms with Crippen molar-refractivity contribution in [1.29, 1.82) is 0 Å². The Hall–Kier alpha value is 0. The molecule has 0 amide bonds. The van der Waals surface area contributed by atoms with Crippen molar-refractivity contribution in [2.24, 2.45) is 27.6 Å². The third kappa shape index (κ3) is 5.99. The predicted octanol–water partition coefficient (Wildman–Crippen LogP) is 10.1. The largest absolute Gasteiger partial charge is 0.0654 e. The van der Waals surface area contributed by atoms with Crippen molar-refractivity contribution in [3.8, 4) is 0 Å². The molecule has 164 valence electrons. The highest BCUT2D eigenvalue weighted by molar-refractivity contribution is 5.07. The normalized spacial score (nSPS) is 19.6. The number of unbranched alkanes of at least 4 members (excludes halogenated alkanes) is 1. The van der Waals surface area contributed by atoms with Crippen LogP contribution in [0.4, 0.5) is 0 Å². The zero-order chi connectivity index (χ0) is 21.4. The van der Waals surface area contributed by atoms with Gasteiger partial charge in [0.1, 0.15) is 0 Å². The molecule has 0 aliphatic carbocycles. The topological polar surface area (TPSA) is 0 Å². The number of rotatable bonds is 15. The maximum absolute atomic E-state index is 2.70. The van der Waals surface area contributed by atoms with Crippen LogP contribution in [0.25, 0.3) is 0 Å². The van der Waals surface area contributed by atoms with Crippen LogP contribution >= 0.6 is 0 Å². The van der Waals surface area contributed by atoms with E-state index in [1.807, 2.05) is 0 Å². The molecule has 0 radical (unpaired) electrons. The number of hydrogen-bond donors (Lipinski definition) is 0. The van der Waals surface area contributed by atoms with Gasteiger partial charge in [0.05, 0.1) is 0 Å². The zero-order valence-electron chi connectivity index (χ0n) is 21.4. The molecule has 0 heteroatoms. The van der Waals surface area contributed by atoms with Gasteiger partial charge in [-0.1, -0.05) is 121 Å².